The third-order valence-corrected chi connectivity index (χ3v) is 3.38. The normalized spacial score (nSPS) is 12.2. The number of hydrogen-bond donors (Lipinski definition) is 2. The summed E-state index contributed by atoms with van der Waals surface area (Å²) >= 11 is 0. The van der Waals surface area contributed by atoms with Crippen LogP contribution in [0.2, 0.25) is 0 Å². The second kappa shape index (κ2) is 5.81. The van der Waals surface area contributed by atoms with Crippen molar-refractivity contribution in [3.05, 3.63) is 72.2 Å². The van der Waals surface area contributed by atoms with Gasteiger partial charge in [0.25, 0.3) is 5.91 Å². The molecule has 2 aromatic carbocycles. The fourth-order valence-electron chi connectivity index (χ4n) is 2.34. The number of furan rings is 1. The van der Waals surface area contributed by atoms with Crippen LogP contribution in [0.3, 0.4) is 0 Å². The van der Waals surface area contributed by atoms with Gasteiger partial charge in [0.2, 0.25) is 0 Å². The molecule has 4 nitrogen and oxygen atoms in total. The largest absolute Gasteiger partial charge is 0.459 e. The van der Waals surface area contributed by atoms with Crippen molar-refractivity contribution in [1.29, 1.82) is 0 Å². The number of benzene rings is 2. The molecular formula is C17H15NO3. The van der Waals surface area contributed by atoms with Crippen LogP contribution in [0.15, 0.2) is 65.3 Å². The molecule has 106 valence electrons. The van der Waals surface area contributed by atoms with E-state index in [1.165, 1.54) is 6.26 Å². The van der Waals surface area contributed by atoms with Gasteiger partial charge in [-0.1, -0.05) is 42.5 Å². The average molecular weight is 281 g/mol. The zero-order valence-electron chi connectivity index (χ0n) is 11.3. The zero-order chi connectivity index (χ0) is 14.7. The Balaban J connectivity index is 1.75. The lowest BCUT2D eigenvalue weighted by Crippen LogP contribution is -2.28. The van der Waals surface area contributed by atoms with Crippen molar-refractivity contribution in [3.8, 4) is 0 Å². The SMILES string of the molecule is O=C(NCC(O)c1cccc2ccccc12)c1ccco1. The Bertz CT molecular complexity index is 744. The van der Waals surface area contributed by atoms with Gasteiger partial charge in [0.05, 0.1) is 12.4 Å². The molecule has 4 heteroatoms. The topological polar surface area (TPSA) is 62.5 Å². The Kier molecular flexibility index (Phi) is 3.71. The van der Waals surface area contributed by atoms with E-state index in [1.807, 2.05) is 42.5 Å². The van der Waals surface area contributed by atoms with Crippen LogP contribution >= 0.6 is 0 Å². The number of rotatable bonds is 4. The van der Waals surface area contributed by atoms with Crippen LogP contribution in [0.25, 0.3) is 10.8 Å². The van der Waals surface area contributed by atoms with Crippen molar-refractivity contribution < 1.29 is 14.3 Å². The van der Waals surface area contributed by atoms with Crippen LogP contribution < -0.4 is 5.32 Å². The molecule has 21 heavy (non-hydrogen) atoms. The van der Waals surface area contributed by atoms with E-state index in [0.29, 0.717) is 0 Å². The van der Waals surface area contributed by atoms with Gasteiger partial charge in [-0.25, -0.2) is 0 Å². The first-order valence-electron chi connectivity index (χ1n) is 6.73. The second-order valence-electron chi connectivity index (χ2n) is 4.77. The van der Waals surface area contributed by atoms with E-state index in [0.717, 1.165) is 16.3 Å². The van der Waals surface area contributed by atoms with Gasteiger partial charge < -0.3 is 14.8 Å². The fraction of sp³-hybridized carbons (Fsp3) is 0.118. The third-order valence-electron chi connectivity index (χ3n) is 3.38. The number of carbonyl (C=O) groups excluding carboxylic acids is 1. The summed E-state index contributed by atoms with van der Waals surface area (Å²) in [7, 11) is 0. The molecule has 0 aliphatic rings. The maximum atomic E-state index is 11.8. The first-order valence-corrected chi connectivity index (χ1v) is 6.73. The van der Waals surface area contributed by atoms with E-state index in [1.54, 1.807) is 12.1 Å². The predicted octanol–water partition coefficient (Wildman–Crippen LogP) is 2.90. The number of aliphatic hydroxyl groups is 1. The highest BCUT2D eigenvalue weighted by Gasteiger charge is 2.14. The monoisotopic (exact) mass is 281 g/mol. The fourth-order valence-corrected chi connectivity index (χ4v) is 2.34. The molecule has 2 N–H and O–H groups in total. The van der Waals surface area contributed by atoms with Crippen molar-refractivity contribution in [1.82, 2.24) is 5.32 Å². The van der Waals surface area contributed by atoms with E-state index in [9.17, 15) is 9.90 Å². The zero-order valence-corrected chi connectivity index (χ0v) is 11.3. The van der Waals surface area contributed by atoms with Gasteiger partial charge in [0.1, 0.15) is 0 Å². The summed E-state index contributed by atoms with van der Waals surface area (Å²) in [6.45, 7) is 0.132. The molecule has 0 aliphatic carbocycles. The Morgan fingerprint density at radius 1 is 1.10 bits per heavy atom. The number of aliphatic hydroxyl groups excluding tert-OH is 1. The smallest absolute Gasteiger partial charge is 0.287 e. The number of fused-ring (bicyclic) bond motifs is 1. The van der Waals surface area contributed by atoms with Crippen LogP contribution in [0, 0.1) is 0 Å². The molecule has 0 aliphatic heterocycles. The van der Waals surface area contributed by atoms with Crippen LogP contribution in [0.1, 0.15) is 22.2 Å². The summed E-state index contributed by atoms with van der Waals surface area (Å²) in [5.74, 6) is -0.0978. The van der Waals surface area contributed by atoms with Crippen LogP contribution in [-0.4, -0.2) is 17.6 Å². The van der Waals surface area contributed by atoms with E-state index in [2.05, 4.69) is 5.32 Å². The minimum Gasteiger partial charge on any atom is -0.459 e. The number of nitrogens with one attached hydrogen (secondary N) is 1. The van der Waals surface area contributed by atoms with Crippen molar-refractivity contribution in [3.63, 3.8) is 0 Å². The molecule has 1 atom stereocenters. The van der Waals surface area contributed by atoms with E-state index in [-0.39, 0.29) is 18.2 Å². The van der Waals surface area contributed by atoms with E-state index < -0.39 is 6.10 Å². The van der Waals surface area contributed by atoms with Crippen molar-refractivity contribution in [2.75, 3.05) is 6.54 Å². The minimum absolute atomic E-state index is 0.132. The molecule has 1 unspecified atom stereocenters. The highest BCUT2D eigenvalue weighted by Crippen LogP contribution is 2.23. The average Bonchev–Trinajstić information content (AvgIpc) is 3.06. The van der Waals surface area contributed by atoms with Crippen LogP contribution in [-0.2, 0) is 0 Å². The molecule has 1 aromatic heterocycles. The maximum absolute atomic E-state index is 11.8. The molecule has 0 fully saturated rings. The lowest BCUT2D eigenvalue weighted by molar-refractivity contribution is 0.0889. The van der Waals surface area contributed by atoms with Crippen molar-refractivity contribution >= 4 is 16.7 Å². The molecule has 0 radical (unpaired) electrons. The third kappa shape index (κ3) is 2.80. The Morgan fingerprint density at radius 2 is 1.90 bits per heavy atom. The molecule has 1 heterocycles. The Labute approximate surface area is 122 Å². The van der Waals surface area contributed by atoms with Gasteiger partial charge in [-0.2, -0.15) is 0 Å². The van der Waals surface area contributed by atoms with E-state index in [4.69, 9.17) is 4.42 Å². The van der Waals surface area contributed by atoms with Crippen LogP contribution in [0.5, 0.6) is 0 Å². The molecule has 1 amide bonds. The van der Waals surface area contributed by atoms with E-state index >= 15 is 0 Å². The summed E-state index contributed by atoms with van der Waals surface area (Å²) in [6.07, 6.45) is 0.672. The summed E-state index contributed by atoms with van der Waals surface area (Å²) in [5, 5.41) is 15.0. The molecule has 3 aromatic rings. The van der Waals surface area contributed by atoms with Crippen LogP contribution in [0.4, 0.5) is 0 Å². The summed E-state index contributed by atoms with van der Waals surface area (Å²) < 4.78 is 5.01. The van der Waals surface area contributed by atoms with Gasteiger partial charge >= 0.3 is 0 Å². The molecule has 0 saturated heterocycles. The molecule has 0 bridgehead atoms. The summed E-state index contributed by atoms with van der Waals surface area (Å²) in [4.78, 5) is 11.8. The lowest BCUT2D eigenvalue weighted by Gasteiger charge is -2.14. The standard InChI is InChI=1S/C17H15NO3/c19-15(11-18-17(20)16-9-4-10-21-16)14-8-3-6-12-5-1-2-7-13(12)14/h1-10,15,19H,11H2,(H,18,20). The lowest BCUT2D eigenvalue weighted by atomic mass is 10.0. The first-order chi connectivity index (χ1) is 10.3. The highest BCUT2D eigenvalue weighted by molar-refractivity contribution is 5.91. The molecule has 0 spiro atoms. The number of amides is 1. The number of carbonyl (C=O) groups is 1. The van der Waals surface area contributed by atoms with Gasteiger partial charge in [-0.15, -0.1) is 0 Å². The maximum Gasteiger partial charge on any atom is 0.287 e. The van der Waals surface area contributed by atoms with Gasteiger partial charge in [-0.3, -0.25) is 4.79 Å². The predicted molar refractivity (Wildman–Crippen MR) is 79.9 cm³/mol. The molecule has 0 saturated carbocycles. The number of hydrogen-bond acceptors (Lipinski definition) is 3. The first kappa shape index (κ1) is 13.4. The summed E-state index contributed by atoms with van der Waals surface area (Å²) in [6, 6.07) is 16.8. The van der Waals surface area contributed by atoms with Crippen molar-refractivity contribution in [2.45, 2.75) is 6.10 Å². The highest BCUT2D eigenvalue weighted by atomic mass is 16.3. The minimum atomic E-state index is -0.769. The van der Waals surface area contributed by atoms with Crippen molar-refractivity contribution in [2.24, 2.45) is 0 Å². The van der Waals surface area contributed by atoms with Gasteiger partial charge in [-0.05, 0) is 28.5 Å². The Morgan fingerprint density at radius 3 is 2.71 bits per heavy atom. The molecular weight excluding hydrogens is 266 g/mol. The van der Waals surface area contributed by atoms with Gasteiger partial charge in [0, 0.05) is 6.54 Å². The van der Waals surface area contributed by atoms with Gasteiger partial charge in [0.15, 0.2) is 5.76 Å². The Hall–Kier alpha value is -2.59. The summed E-state index contributed by atoms with van der Waals surface area (Å²) in [5.41, 5.74) is 0.799. The quantitative estimate of drug-likeness (QED) is 0.773. The molecule has 3 rings (SSSR count). The second-order valence-corrected chi connectivity index (χ2v) is 4.77.